The third kappa shape index (κ3) is 5.12. The number of aromatic nitrogens is 2. The molecule has 1 aliphatic rings. The van der Waals surface area contributed by atoms with E-state index in [9.17, 15) is 9.59 Å². The van der Waals surface area contributed by atoms with E-state index in [1.54, 1.807) is 13.2 Å². The van der Waals surface area contributed by atoms with Gasteiger partial charge in [-0.2, -0.15) is 5.10 Å². The van der Waals surface area contributed by atoms with Gasteiger partial charge in [0.25, 0.3) is 5.91 Å². The number of H-pyrrole nitrogens is 1. The number of carbonyl (C=O) groups is 2. The molecule has 1 amide bonds. The number of rotatable bonds is 9. The number of para-hydroxylation sites is 1. The van der Waals surface area contributed by atoms with E-state index >= 15 is 0 Å². The maximum atomic E-state index is 13.0. The Morgan fingerprint density at radius 3 is 2.61 bits per heavy atom. The zero-order chi connectivity index (χ0) is 25.3. The number of fused-ring (bicyclic) bond motifs is 1. The van der Waals surface area contributed by atoms with Crippen LogP contribution in [0.25, 0.3) is 10.2 Å². The lowest BCUT2D eigenvalue weighted by Gasteiger charge is -2.27. The number of nitrogens with one attached hydrogen (secondary N) is 3. The van der Waals surface area contributed by atoms with Crippen LogP contribution in [0.15, 0.2) is 54.6 Å². The third-order valence-electron chi connectivity index (χ3n) is 6.18. The Balaban J connectivity index is 1.27. The third-order valence-corrected chi connectivity index (χ3v) is 7.19. The number of ether oxygens (including phenoxy) is 2. The Kier molecular flexibility index (Phi) is 6.51. The summed E-state index contributed by atoms with van der Waals surface area (Å²) in [5.41, 5.74) is 1.54. The molecule has 5 rings (SSSR count). The number of aromatic amines is 1. The summed E-state index contributed by atoms with van der Waals surface area (Å²) in [7, 11) is 1.58. The highest BCUT2D eigenvalue weighted by Crippen LogP contribution is 2.35. The lowest BCUT2D eigenvalue weighted by atomic mass is 9.97. The summed E-state index contributed by atoms with van der Waals surface area (Å²) in [6.07, 6.45) is 2.47. The Morgan fingerprint density at radius 2 is 1.89 bits per heavy atom. The van der Waals surface area contributed by atoms with E-state index in [4.69, 9.17) is 9.47 Å². The first-order chi connectivity index (χ1) is 17.3. The lowest BCUT2D eigenvalue weighted by Crippen LogP contribution is -2.26. The maximum absolute atomic E-state index is 13.0. The smallest absolute Gasteiger partial charge is 0.349 e. The fourth-order valence-electron chi connectivity index (χ4n) is 3.99. The molecule has 0 unspecified atom stereocenters. The number of carbonyl (C=O) groups excluding carboxylic acids is 2. The van der Waals surface area contributed by atoms with Crippen LogP contribution in [0, 0.1) is 0 Å². The minimum Gasteiger partial charge on any atom is -0.496 e. The largest absolute Gasteiger partial charge is 0.496 e. The number of amides is 1. The van der Waals surface area contributed by atoms with Crippen LogP contribution in [0.2, 0.25) is 0 Å². The Bertz CT molecular complexity index is 1400. The highest BCUT2D eigenvalue weighted by Gasteiger charge is 2.30. The van der Waals surface area contributed by atoms with Crippen molar-refractivity contribution in [2.75, 3.05) is 12.4 Å². The van der Waals surface area contributed by atoms with Gasteiger partial charge in [0, 0.05) is 23.7 Å². The van der Waals surface area contributed by atoms with Crippen LogP contribution in [-0.4, -0.2) is 35.2 Å². The van der Waals surface area contributed by atoms with Crippen molar-refractivity contribution in [1.29, 1.82) is 0 Å². The van der Waals surface area contributed by atoms with Gasteiger partial charge in [0.15, 0.2) is 0 Å². The number of benzene rings is 2. The van der Waals surface area contributed by atoms with E-state index in [1.807, 2.05) is 62.4 Å². The van der Waals surface area contributed by atoms with Crippen molar-refractivity contribution in [1.82, 2.24) is 15.5 Å². The molecule has 0 bridgehead atoms. The highest BCUT2D eigenvalue weighted by atomic mass is 32.1. The van der Waals surface area contributed by atoms with E-state index in [1.165, 1.54) is 24.2 Å². The molecule has 0 aliphatic heterocycles. The molecular weight excluding hydrogens is 476 g/mol. The molecule has 1 saturated carbocycles. The van der Waals surface area contributed by atoms with Crippen molar-refractivity contribution in [3.05, 3.63) is 76.2 Å². The molecule has 3 N–H and O–H groups in total. The number of esters is 1. The van der Waals surface area contributed by atoms with Crippen LogP contribution in [0.1, 0.15) is 57.8 Å². The molecule has 1 fully saturated rings. The number of anilines is 1. The summed E-state index contributed by atoms with van der Waals surface area (Å²) in [5.74, 6) is 0.360. The summed E-state index contributed by atoms with van der Waals surface area (Å²) in [6, 6.07) is 17.3. The second-order valence-electron chi connectivity index (χ2n) is 9.33. The van der Waals surface area contributed by atoms with Crippen molar-refractivity contribution in [3.8, 4) is 5.75 Å². The van der Waals surface area contributed by atoms with E-state index in [0.717, 1.165) is 17.7 Å². The van der Waals surface area contributed by atoms with Crippen molar-refractivity contribution < 1.29 is 19.1 Å². The van der Waals surface area contributed by atoms with Crippen LogP contribution in [0.5, 0.6) is 5.75 Å². The summed E-state index contributed by atoms with van der Waals surface area (Å²) < 4.78 is 11.3. The molecule has 186 valence electrons. The van der Waals surface area contributed by atoms with Gasteiger partial charge in [-0.3, -0.25) is 9.89 Å². The first kappa shape index (κ1) is 24.0. The van der Waals surface area contributed by atoms with Crippen molar-refractivity contribution in [2.45, 2.75) is 44.9 Å². The van der Waals surface area contributed by atoms with Crippen molar-refractivity contribution in [3.63, 3.8) is 0 Å². The normalized spacial score (nSPS) is 13.5. The minimum atomic E-state index is -0.908. The summed E-state index contributed by atoms with van der Waals surface area (Å²) >= 11 is 1.20. The number of hydrogen-bond donors (Lipinski definition) is 3. The van der Waals surface area contributed by atoms with Gasteiger partial charge in [-0.1, -0.05) is 30.3 Å². The van der Waals surface area contributed by atoms with Gasteiger partial charge < -0.3 is 20.1 Å². The predicted molar refractivity (Wildman–Crippen MR) is 140 cm³/mol. The average Bonchev–Trinajstić information content (AvgIpc) is 3.50. The molecule has 2 heterocycles. The summed E-state index contributed by atoms with van der Waals surface area (Å²) in [6.45, 7) is 4.44. The highest BCUT2D eigenvalue weighted by molar-refractivity contribution is 7.20. The van der Waals surface area contributed by atoms with Gasteiger partial charge in [-0.15, -0.1) is 11.3 Å². The molecule has 0 saturated heterocycles. The quantitative estimate of drug-likeness (QED) is 0.270. The first-order valence-electron chi connectivity index (χ1n) is 11.8. The standard InChI is InChI=1S/C27H28N4O4S/c1-27(2,20-6-4-5-7-21(20)34-3)35-26(33)22-14-19-23(30-31-25(19)36-22)29-24(32)17-10-8-16(9-11-17)15-28-18-12-13-18/h4-11,14,18,28H,12-13,15H2,1-3H3,(H2,29,30,31,32). The average molecular weight is 505 g/mol. The Hall–Kier alpha value is -3.69. The fraction of sp³-hybridized carbons (Fsp3) is 0.296. The van der Waals surface area contributed by atoms with Gasteiger partial charge in [0.2, 0.25) is 0 Å². The monoisotopic (exact) mass is 504 g/mol. The number of hydrogen-bond acceptors (Lipinski definition) is 7. The lowest BCUT2D eigenvalue weighted by molar-refractivity contribution is -0.00342. The molecule has 1 aliphatic carbocycles. The second-order valence-corrected chi connectivity index (χ2v) is 10.4. The van der Waals surface area contributed by atoms with Gasteiger partial charge in [0.1, 0.15) is 26.9 Å². The molecule has 0 spiro atoms. The predicted octanol–water partition coefficient (Wildman–Crippen LogP) is 5.23. The zero-order valence-corrected chi connectivity index (χ0v) is 21.2. The molecule has 0 radical (unpaired) electrons. The van der Waals surface area contributed by atoms with E-state index in [2.05, 4.69) is 20.8 Å². The Labute approximate surface area is 213 Å². The molecule has 0 atom stereocenters. The second kappa shape index (κ2) is 9.75. The van der Waals surface area contributed by atoms with Crippen LogP contribution in [0.3, 0.4) is 0 Å². The first-order valence-corrected chi connectivity index (χ1v) is 12.6. The zero-order valence-electron chi connectivity index (χ0n) is 20.4. The van der Waals surface area contributed by atoms with Gasteiger partial charge in [-0.05, 0) is 56.5 Å². The van der Waals surface area contributed by atoms with Crippen molar-refractivity contribution in [2.24, 2.45) is 0 Å². The van der Waals surface area contributed by atoms with Crippen LogP contribution in [-0.2, 0) is 16.9 Å². The SMILES string of the molecule is COc1ccccc1C(C)(C)OC(=O)c1cc2c(NC(=O)c3ccc(CNC4CC4)cc3)[nH]nc2s1. The van der Waals surface area contributed by atoms with Crippen LogP contribution >= 0.6 is 11.3 Å². The van der Waals surface area contributed by atoms with Crippen LogP contribution in [0.4, 0.5) is 5.82 Å². The summed E-state index contributed by atoms with van der Waals surface area (Å²) in [5, 5.41) is 14.1. The molecule has 9 heteroatoms. The molecule has 4 aromatic rings. The van der Waals surface area contributed by atoms with Gasteiger partial charge >= 0.3 is 5.97 Å². The number of thiophene rings is 1. The molecule has 2 aromatic heterocycles. The fourth-order valence-corrected chi connectivity index (χ4v) is 4.87. The summed E-state index contributed by atoms with van der Waals surface area (Å²) in [4.78, 5) is 26.8. The van der Waals surface area contributed by atoms with Crippen LogP contribution < -0.4 is 15.4 Å². The molecule has 8 nitrogen and oxygen atoms in total. The van der Waals surface area contributed by atoms with Gasteiger partial charge in [0.05, 0.1) is 12.5 Å². The van der Waals surface area contributed by atoms with E-state index in [-0.39, 0.29) is 5.91 Å². The topological polar surface area (TPSA) is 105 Å². The molecular formula is C27H28N4O4S. The number of methoxy groups -OCH3 is 1. The molecule has 2 aromatic carbocycles. The van der Waals surface area contributed by atoms with Gasteiger partial charge in [-0.25, -0.2) is 4.79 Å². The van der Waals surface area contributed by atoms with Crippen molar-refractivity contribution >= 4 is 39.2 Å². The molecule has 36 heavy (non-hydrogen) atoms. The van der Waals surface area contributed by atoms with E-state index in [0.29, 0.717) is 38.3 Å². The number of nitrogens with zero attached hydrogens (tertiary/aromatic N) is 1. The maximum Gasteiger partial charge on any atom is 0.349 e. The van der Waals surface area contributed by atoms with E-state index < -0.39 is 11.6 Å². The Morgan fingerprint density at radius 1 is 1.14 bits per heavy atom. The minimum absolute atomic E-state index is 0.255.